The molecule has 3 aromatic rings. The molecule has 0 spiro atoms. The first-order chi connectivity index (χ1) is 13.1. The topological polar surface area (TPSA) is 88.9 Å². The molecule has 1 aromatic carbocycles. The van der Waals surface area contributed by atoms with E-state index in [4.69, 9.17) is 4.74 Å². The van der Waals surface area contributed by atoms with Gasteiger partial charge in [0, 0.05) is 41.7 Å². The number of carbonyl (C=O) groups is 1. The number of H-pyrrole nitrogens is 1. The first kappa shape index (κ1) is 17.5. The van der Waals surface area contributed by atoms with Crippen LogP contribution in [0.15, 0.2) is 24.5 Å². The largest absolute Gasteiger partial charge is 0.497 e. The molecule has 1 aliphatic heterocycles. The third kappa shape index (κ3) is 3.05. The molecule has 8 heteroatoms. The van der Waals surface area contributed by atoms with Crippen LogP contribution in [0, 0.1) is 5.92 Å². The number of hydrogen-bond acceptors (Lipinski definition) is 5. The van der Waals surface area contributed by atoms with Crippen molar-refractivity contribution in [1.29, 1.82) is 0 Å². The van der Waals surface area contributed by atoms with Gasteiger partial charge in [-0.3, -0.25) is 4.79 Å². The number of hydrogen-bond donors (Lipinski definition) is 1. The molecule has 8 nitrogen and oxygen atoms in total. The van der Waals surface area contributed by atoms with Crippen LogP contribution in [0.25, 0.3) is 10.9 Å². The maximum Gasteiger partial charge on any atom is 0.248 e. The van der Waals surface area contributed by atoms with Gasteiger partial charge in [-0.1, -0.05) is 20.3 Å². The molecule has 0 saturated carbocycles. The number of rotatable bonds is 5. The van der Waals surface area contributed by atoms with E-state index in [1.807, 2.05) is 23.1 Å². The highest BCUT2D eigenvalue weighted by Crippen LogP contribution is 2.32. The summed E-state index contributed by atoms with van der Waals surface area (Å²) in [4.78, 5) is 18.8. The first-order valence-electron chi connectivity index (χ1n) is 9.31. The maximum atomic E-state index is 13.4. The van der Waals surface area contributed by atoms with Crippen molar-refractivity contribution in [3.05, 3.63) is 35.8 Å². The average molecular weight is 368 g/mol. The molecule has 4 rings (SSSR count). The van der Waals surface area contributed by atoms with Crippen LogP contribution in [-0.4, -0.2) is 49.7 Å². The molecule has 0 bridgehead atoms. The lowest BCUT2D eigenvalue weighted by Crippen LogP contribution is -2.42. The zero-order valence-corrected chi connectivity index (χ0v) is 15.8. The Morgan fingerprint density at radius 2 is 2.26 bits per heavy atom. The second-order valence-electron chi connectivity index (χ2n) is 7.12. The summed E-state index contributed by atoms with van der Waals surface area (Å²) in [7, 11) is 1.67. The van der Waals surface area contributed by atoms with Crippen molar-refractivity contribution in [3.8, 4) is 5.75 Å². The fourth-order valence-corrected chi connectivity index (χ4v) is 3.83. The van der Waals surface area contributed by atoms with E-state index in [0.717, 1.165) is 29.5 Å². The Balaban J connectivity index is 1.65. The average Bonchev–Trinajstić information content (AvgIpc) is 3.34. The number of fused-ring (bicyclic) bond motifs is 3. The van der Waals surface area contributed by atoms with Gasteiger partial charge in [0.05, 0.1) is 7.11 Å². The van der Waals surface area contributed by atoms with Crippen LogP contribution in [0.1, 0.15) is 37.6 Å². The van der Waals surface area contributed by atoms with Crippen LogP contribution in [0.4, 0.5) is 0 Å². The van der Waals surface area contributed by atoms with Crippen LogP contribution in [0.2, 0.25) is 0 Å². The molecule has 27 heavy (non-hydrogen) atoms. The first-order valence-corrected chi connectivity index (χ1v) is 9.31. The SMILES string of the molecule is CCC(C)C(C(=O)N1CCc2[nH]c3ccc(OC)cc3c2C1)n1cnnn1. The number of tetrazole rings is 1. The molecule has 0 radical (unpaired) electrons. The van der Waals surface area contributed by atoms with Gasteiger partial charge < -0.3 is 14.6 Å². The predicted octanol–water partition coefficient (Wildman–Crippen LogP) is 2.34. The highest BCUT2D eigenvalue weighted by molar-refractivity contribution is 5.88. The predicted molar refractivity (Wildman–Crippen MR) is 100 cm³/mol. The van der Waals surface area contributed by atoms with Crippen LogP contribution >= 0.6 is 0 Å². The van der Waals surface area contributed by atoms with Gasteiger partial charge in [-0.25, -0.2) is 4.68 Å². The van der Waals surface area contributed by atoms with Crippen molar-refractivity contribution in [2.24, 2.45) is 5.92 Å². The molecule has 0 saturated heterocycles. The van der Waals surface area contributed by atoms with Crippen molar-refractivity contribution in [1.82, 2.24) is 30.1 Å². The Hall–Kier alpha value is -2.90. The van der Waals surface area contributed by atoms with E-state index in [9.17, 15) is 4.79 Å². The normalized spacial score (nSPS) is 16.2. The fourth-order valence-electron chi connectivity index (χ4n) is 3.83. The van der Waals surface area contributed by atoms with Crippen molar-refractivity contribution in [2.45, 2.75) is 39.3 Å². The highest BCUT2D eigenvalue weighted by atomic mass is 16.5. The van der Waals surface area contributed by atoms with Gasteiger partial charge >= 0.3 is 0 Å². The Morgan fingerprint density at radius 1 is 1.41 bits per heavy atom. The molecule has 3 heterocycles. The van der Waals surface area contributed by atoms with Crippen LogP contribution in [-0.2, 0) is 17.8 Å². The van der Waals surface area contributed by atoms with E-state index >= 15 is 0 Å². The summed E-state index contributed by atoms with van der Waals surface area (Å²) >= 11 is 0. The summed E-state index contributed by atoms with van der Waals surface area (Å²) in [5.41, 5.74) is 3.45. The summed E-state index contributed by atoms with van der Waals surface area (Å²) in [5, 5.41) is 12.5. The number of methoxy groups -OCH3 is 1. The minimum Gasteiger partial charge on any atom is -0.497 e. The summed E-state index contributed by atoms with van der Waals surface area (Å²) < 4.78 is 6.96. The van der Waals surface area contributed by atoms with Gasteiger partial charge in [0.25, 0.3) is 0 Å². The molecular weight excluding hydrogens is 344 g/mol. The summed E-state index contributed by atoms with van der Waals surface area (Å²) in [5.74, 6) is 1.03. The smallest absolute Gasteiger partial charge is 0.248 e. The third-order valence-electron chi connectivity index (χ3n) is 5.58. The Kier molecular flexibility index (Phi) is 4.55. The molecule has 0 aliphatic carbocycles. The zero-order chi connectivity index (χ0) is 19.0. The molecule has 2 unspecified atom stereocenters. The molecule has 0 fully saturated rings. The lowest BCUT2D eigenvalue weighted by Gasteiger charge is -2.32. The van der Waals surface area contributed by atoms with Gasteiger partial charge in [0.2, 0.25) is 5.91 Å². The number of nitrogens with zero attached hydrogens (tertiary/aromatic N) is 5. The lowest BCUT2D eigenvalue weighted by molar-refractivity contribution is -0.137. The van der Waals surface area contributed by atoms with E-state index in [1.165, 1.54) is 17.6 Å². The van der Waals surface area contributed by atoms with Gasteiger partial charge in [0.15, 0.2) is 0 Å². The number of ether oxygens (including phenoxy) is 1. The Labute approximate surface area is 157 Å². The number of aromatic amines is 1. The molecule has 142 valence electrons. The number of aromatic nitrogens is 5. The van der Waals surface area contributed by atoms with E-state index < -0.39 is 0 Å². The van der Waals surface area contributed by atoms with Crippen LogP contribution in [0.3, 0.4) is 0 Å². The van der Waals surface area contributed by atoms with Gasteiger partial charge in [-0.2, -0.15) is 0 Å². The van der Waals surface area contributed by atoms with E-state index in [1.54, 1.807) is 11.8 Å². The van der Waals surface area contributed by atoms with Crippen molar-refractivity contribution in [2.75, 3.05) is 13.7 Å². The van der Waals surface area contributed by atoms with E-state index in [2.05, 4.69) is 34.4 Å². The molecule has 2 atom stereocenters. The minimum absolute atomic E-state index is 0.0690. The molecular formula is C19H24N6O2. The van der Waals surface area contributed by atoms with Crippen molar-refractivity contribution >= 4 is 16.8 Å². The molecule has 1 aliphatic rings. The van der Waals surface area contributed by atoms with Crippen LogP contribution in [0.5, 0.6) is 5.75 Å². The summed E-state index contributed by atoms with van der Waals surface area (Å²) in [6, 6.07) is 5.63. The second-order valence-corrected chi connectivity index (χ2v) is 7.12. The maximum absolute atomic E-state index is 13.4. The van der Waals surface area contributed by atoms with Gasteiger partial charge in [-0.05, 0) is 34.5 Å². The molecule has 1 N–H and O–H groups in total. The second kappa shape index (κ2) is 7.02. The number of benzene rings is 1. The van der Waals surface area contributed by atoms with E-state index in [-0.39, 0.29) is 17.9 Å². The van der Waals surface area contributed by atoms with Crippen molar-refractivity contribution in [3.63, 3.8) is 0 Å². The van der Waals surface area contributed by atoms with Gasteiger partial charge in [0.1, 0.15) is 18.1 Å². The molecule has 1 amide bonds. The summed E-state index contributed by atoms with van der Waals surface area (Å²) in [6.45, 7) is 5.41. The number of carbonyl (C=O) groups excluding carboxylic acids is 1. The van der Waals surface area contributed by atoms with Gasteiger partial charge in [-0.15, -0.1) is 5.10 Å². The Bertz CT molecular complexity index is 949. The minimum atomic E-state index is -0.383. The van der Waals surface area contributed by atoms with E-state index in [0.29, 0.717) is 13.1 Å². The monoisotopic (exact) mass is 368 g/mol. The number of nitrogens with one attached hydrogen (secondary N) is 1. The highest BCUT2D eigenvalue weighted by Gasteiger charge is 2.33. The zero-order valence-electron chi connectivity index (χ0n) is 15.8. The van der Waals surface area contributed by atoms with Crippen LogP contribution < -0.4 is 4.74 Å². The quantitative estimate of drug-likeness (QED) is 0.747. The summed E-state index contributed by atoms with van der Waals surface area (Å²) in [6.07, 6.45) is 3.21. The standard InChI is InChI=1S/C19H24N6O2/c1-4-12(2)18(25-11-20-22-23-25)19(26)24-8-7-17-15(10-24)14-9-13(27-3)5-6-16(14)21-17/h5-6,9,11-12,18,21H,4,7-8,10H2,1-3H3. The lowest BCUT2D eigenvalue weighted by atomic mass is 9.96. The third-order valence-corrected chi connectivity index (χ3v) is 5.58. The fraction of sp³-hybridized carbons (Fsp3) is 0.474. The molecule has 2 aromatic heterocycles. The van der Waals surface area contributed by atoms with Crippen molar-refractivity contribution < 1.29 is 9.53 Å². The number of amides is 1. The Morgan fingerprint density at radius 3 is 2.96 bits per heavy atom.